The van der Waals surface area contributed by atoms with Crippen LogP contribution in [-0.2, 0) is 18.9 Å². The van der Waals surface area contributed by atoms with Gasteiger partial charge in [-0.3, -0.25) is 0 Å². The molecule has 14 heavy (non-hydrogen) atoms. The van der Waals surface area contributed by atoms with Gasteiger partial charge < -0.3 is 18.9 Å². The van der Waals surface area contributed by atoms with Gasteiger partial charge in [-0.15, -0.1) is 0 Å². The van der Waals surface area contributed by atoms with Crippen molar-refractivity contribution in [2.45, 2.75) is 27.7 Å². The quantitative estimate of drug-likeness (QED) is 0.568. The van der Waals surface area contributed by atoms with E-state index in [1.165, 1.54) is 0 Å². The molecule has 0 unspecified atom stereocenters. The van der Waals surface area contributed by atoms with Crippen LogP contribution in [0, 0.1) is 0 Å². The molecule has 0 amide bonds. The van der Waals surface area contributed by atoms with Crippen molar-refractivity contribution in [3.63, 3.8) is 0 Å². The van der Waals surface area contributed by atoms with Crippen LogP contribution in [0.1, 0.15) is 27.7 Å². The fraction of sp³-hybridized carbons (Fsp3) is 0.800. The van der Waals surface area contributed by atoms with E-state index >= 15 is 0 Å². The lowest BCUT2D eigenvalue weighted by atomic mass is 10.7. The van der Waals surface area contributed by atoms with Gasteiger partial charge in [0.1, 0.15) is 0 Å². The zero-order valence-corrected chi connectivity index (χ0v) is 9.46. The van der Waals surface area contributed by atoms with Crippen molar-refractivity contribution in [1.29, 1.82) is 0 Å². The fourth-order valence-corrected chi connectivity index (χ4v) is 0.843. The van der Waals surface area contributed by atoms with Gasteiger partial charge in [0.15, 0.2) is 0 Å². The van der Waals surface area contributed by atoms with Crippen LogP contribution in [0.2, 0.25) is 0 Å². The summed E-state index contributed by atoms with van der Waals surface area (Å²) in [4.78, 5) is 0. The van der Waals surface area contributed by atoms with Crippen LogP contribution in [-0.4, -0.2) is 26.4 Å². The molecule has 0 heterocycles. The first-order chi connectivity index (χ1) is 6.79. The van der Waals surface area contributed by atoms with Crippen molar-refractivity contribution in [3.05, 3.63) is 11.9 Å². The summed E-state index contributed by atoms with van der Waals surface area (Å²) in [5, 5.41) is 0. The maximum atomic E-state index is 5.26. The first-order valence-corrected chi connectivity index (χ1v) is 5.05. The number of hydrogen-bond acceptors (Lipinski definition) is 4. The molecule has 0 saturated heterocycles. The maximum absolute atomic E-state index is 5.26. The highest BCUT2D eigenvalue weighted by atomic mass is 16.7. The third-order valence-electron chi connectivity index (χ3n) is 1.27. The Morgan fingerprint density at radius 2 is 0.786 bits per heavy atom. The minimum atomic E-state index is 0.332. The summed E-state index contributed by atoms with van der Waals surface area (Å²) < 4.78 is 21.0. The van der Waals surface area contributed by atoms with Crippen molar-refractivity contribution in [2.24, 2.45) is 0 Å². The Kier molecular flexibility index (Phi) is 7.89. The lowest BCUT2D eigenvalue weighted by Crippen LogP contribution is -2.08. The molecule has 0 rings (SSSR count). The second-order valence-corrected chi connectivity index (χ2v) is 2.31. The molecule has 0 fully saturated rings. The Balaban J connectivity index is 4.45. The molecule has 0 aromatic carbocycles. The van der Waals surface area contributed by atoms with Crippen molar-refractivity contribution in [1.82, 2.24) is 0 Å². The fourth-order valence-electron chi connectivity index (χ4n) is 0.843. The molecule has 84 valence electrons. The zero-order chi connectivity index (χ0) is 10.8. The van der Waals surface area contributed by atoms with Gasteiger partial charge in [-0.05, 0) is 27.7 Å². The maximum Gasteiger partial charge on any atom is 0.364 e. The predicted molar refractivity (Wildman–Crippen MR) is 53.5 cm³/mol. The average molecular weight is 204 g/mol. The summed E-state index contributed by atoms with van der Waals surface area (Å²) in [5.41, 5.74) is 0. The Morgan fingerprint density at radius 3 is 0.929 bits per heavy atom. The van der Waals surface area contributed by atoms with Gasteiger partial charge in [-0.25, -0.2) is 0 Å². The molecule has 0 spiro atoms. The summed E-state index contributed by atoms with van der Waals surface area (Å²) in [7, 11) is 0. The summed E-state index contributed by atoms with van der Waals surface area (Å²) in [6, 6.07) is 0. The van der Waals surface area contributed by atoms with Crippen LogP contribution in [0.4, 0.5) is 0 Å². The topological polar surface area (TPSA) is 36.9 Å². The standard InChI is InChI=1S/C10H20O4/c1-5-11-9(12-6-2)10(13-7-3)14-8-4/h5-8H2,1-4H3. The van der Waals surface area contributed by atoms with Gasteiger partial charge in [0.25, 0.3) is 0 Å². The van der Waals surface area contributed by atoms with Gasteiger partial charge >= 0.3 is 11.9 Å². The largest absolute Gasteiger partial charge is 0.461 e. The van der Waals surface area contributed by atoms with E-state index in [-0.39, 0.29) is 0 Å². The third kappa shape index (κ3) is 4.84. The molecule has 0 aliphatic heterocycles. The molecule has 0 N–H and O–H groups in total. The number of ether oxygens (including phenoxy) is 4. The van der Waals surface area contributed by atoms with Crippen LogP contribution < -0.4 is 0 Å². The Hall–Kier alpha value is -1.06. The van der Waals surface area contributed by atoms with E-state index in [1.54, 1.807) is 0 Å². The minimum Gasteiger partial charge on any atom is -0.461 e. The van der Waals surface area contributed by atoms with Gasteiger partial charge in [0.2, 0.25) is 0 Å². The predicted octanol–water partition coefficient (Wildman–Crippen LogP) is 2.26. The van der Waals surface area contributed by atoms with E-state index in [0.717, 1.165) is 0 Å². The highest BCUT2D eigenvalue weighted by Crippen LogP contribution is 2.11. The van der Waals surface area contributed by atoms with Crippen LogP contribution in [0.5, 0.6) is 0 Å². The van der Waals surface area contributed by atoms with Crippen molar-refractivity contribution >= 4 is 0 Å². The number of rotatable bonds is 8. The van der Waals surface area contributed by atoms with Crippen LogP contribution in [0.3, 0.4) is 0 Å². The first kappa shape index (κ1) is 12.9. The molecular weight excluding hydrogens is 184 g/mol. The van der Waals surface area contributed by atoms with Gasteiger partial charge in [-0.2, -0.15) is 0 Å². The molecule has 0 aromatic rings. The Bertz CT molecular complexity index is 132. The highest BCUT2D eigenvalue weighted by Gasteiger charge is 2.12. The summed E-state index contributed by atoms with van der Waals surface area (Å²) in [6.07, 6.45) is 0. The lowest BCUT2D eigenvalue weighted by molar-refractivity contribution is -0.0354. The monoisotopic (exact) mass is 204 g/mol. The normalized spacial score (nSPS) is 9.14. The molecule has 0 radical (unpaired) electrons. The Labute approximate surface area is 85.8 Å². The molecule has 0 bridgehead atoms. The second-order valence-electron chi connectivity index (χ2n) is 2.31. The van der Waals surface area contributed by atoms with Gasteiger partial charge in [0.05, 0.1) is 26.4 Å². The van der Waals surface area contributed by atoms with E-state index in [9.17, 15) is 0 Å². The molecular formula is C10H20O4. The molecule has 0 aliphatic rings. The molecule has 0 atom stereocenters. The molecule has 0 saturated carbocycles. The zero-order valence-electron chi connectivity index (χ0n) is 9.46. The van der Waals surface area contributed by atoms with Gasteiger partial charge in [-0.1, -0.05) is 0 Å². The highest BCUT2D eigenvalue weighted by molar-refractivity contribution is 4.86. The SMILES string of the molecule is CCOC(OCC)=C(OCC)OCC. The van der Waals surface area contributed by atoms with Crippen LogP contribution in [0.25, 0.3) is 0 Å². The smallest absolute Gasteiger partial charge is 0.364 e. The van der Waals surface area contributed by atoms with E-state index in [2.05, 4.69) is 0 Å². The second kappa shape index (κ2) is 8.53. The molecule has 4 nitrogen and oxygen atoms in total. The van der Waals surface area contributed by atoms with Gasteiger partial charge in [0, 0.05) is 0 Å². The average Bonchev–Trinajstić information content (AvgIpc) is 2.17. The van der Waals surface area contributed by atoms with Crippen molar-refractivity contribution < 1.29 is 18.9 Å². The van der Waals surface area contributed by atoms with E-state index in [1.807, 2.05) is 27.7 Å². The summed E-state index contributed by atoms with van der Waals surface area (Å²) in [5.74, 6) is 0.664. The minimum absolute atomic E-state index is 0.332. The van der Waals surface area contributed by atoms with Crippen molar-refractivity contribution in [2.75, 3.05) is 26.4 Å². The lowest BCUT2D eigenvalue weighted by Gasteiger charge is -2.14. The summed E-state index contributed by atoms with van der Waals surface area (Å²) >= 11 is 0. The Morgan fingerprint density at radius 1 is 0.571 bits per heavy atom. The van der Waals surface area contributed by atoms with Crippen LogP contribution >= 0.6 is 0 Å². The third-order valence-corrected chi connectivity index (χ3v) is 1.27. The molecule has 4 heteroatoms. The summed E-state index contributed by atoms with van der Waals surface area (Å²) in [6.45, 7) is 9.64. The number of hydrogen-bond donors (Lipinski definition) is 0. The molecule has 0 aliphatic carbocycles. The van der Waals surface area contributed by atoms with E-state index in [4.69, 9.17) is 18.9 Å². The van der Waals surface area contributed by atoms with E-state index in [0.29, 0.717) is 38.3 Å². The molecule has 0 aromatic heterocycles. The van der Waals surface area contributed by atoms with Crippen LogP contribution in [0.15, 0.2) is 11.9 Å². The van der Waals surface area contributed by atoms with E-state index < -0.39 is 0 Å². The first-order valence-electron chi connectivity index (χ1n) is 5.05. The van der Waals surface area contributed by atoms with Crippen molar-refractivity contribution in [3.8, 4) is 0 Å².